The molecule has 168 valence electrons. The first-order valence-electron chi connectivity index (χ1n) is 10.8. The molecule has 9 nitrogen and oxygen atoms in total. The zero-order valence-corrected chi connectivity index (χ0v) is 18.1. The lowest BCUT2D eigenvalue weighted by molar-refractivity contribution is -0.141. The first-order valence-corrected chi connectivity index (χ1v) is 10.8. The molecule has 3 aromatic rings. The lowest BCUT2D eigenvalue weighted by Crippen LogP contribution is -2.55. The molecule has 2 aliphatic rings. The lowest BCUT2D eigenvalue weighted by atomic mass is 10.0. The summed E-state index contributed by atoms with van der Waals surface area (Å²) in [4.78, 5) is 45.3. The van der Waals surface area contributed by atoms with Gasteiger partial charge in [0.25, 0.3) is 5.56 Å². The van der Waals surface area contributed by atoms with Crippen molar-refractivity contribution in [2.24, 2.45) is 5.92 Å². The van der Waals surface area contributed by atoms with E-state index in [1.165, 1.54) is 10.7 Å². The minimum Gasteiger partial charge on any atom is -0.497 e. The van der Waals surface area contributed by atoms with Crippen molar-refractivity contribution in [2.45, 2.75) is 12.5 Å². The quantitative estimate of drug-likeness (QED) is 0.594. The van der Waals surface area contributed by atoms with Gasteiger partial charge in [0.2, 0.25) is 11.8 Å². The summed E-state index contributed by atoms with van der Waals surface area (Å²) >= 11 is 0. The van der Waals surface area contributed by atoms with E-state index in [0.29, 0.717) is 31.1 Å². The van der Waals surface area contributed by atoms with Crippen LogP contribution in [0.2, 0.25) is 0 Å². The van der Waals surface area contributed by atoms with Crippen LogP contribution in [0.3, 0.4) is 0 Å². The van der Waals surface area contributed by atoms with Gasteiger partial charge < -0.3 is 14.5 Å². The molecule has 0 spiro atoms. The number of anilines is 1. The second-order valence-electron chi connectivity index (χ2n) is 8.24. The van der Waals surface area contributed by atoms with Crippen molar-refractivity contribution in [1.29, 1.82) is 0 Å². The molecule has 0 saturated carbocycles. The number of nitrogens with zero attached hydrogens (tertiary/aromatic N) is 5. The van der Waals surface area contributed by atoms with Crippen molar-refractivity contribution >= 4 is 17.5 Å². The van der Waals surface area contributed by atoms with E-state index in [9.17, 15) is 14.4 Å². The van der Waals surface area contributed by atoms with E-state index in [1.54, 1.807) is 41.4 Å². The normalized spacial score (nSPS) is 18.3. The topological polar surface area (TPSA) is 97.6 Å². The van der Waals surface area contributed by atoms with Crippen LogP contribution in [-0.4, -0.2) is 58.2 Å². The number of ether oxygens (including phenoxy) is 1. The molecule has 4 heterocycles. The zero-order chi connectivity index (χ0) is 22.9. The summed E-state index contributed by atoms with van der Waals surface area (Å²) in [5, 5.41) is 4.50. The lowest BCUT2D eigenvalue weighted by Gasteiger charge is -2.40. The summed E-state index contributed by atoms with van der Waals surface area (Å²) in [7, 11) is 1.57. The Bertz CT molecular complexity index is 1250. The van der Waals surface area contributed by atoms with Gasteiger partial charge in [0, 0.05) is 61.8 Å². The average molecular weight is 445 g/mol. The van der Waals surface area contributed by atoms with Crippen molar-refractivity contribution in [1.82, 2.24) is 19.7 Å². The second kappa shape index (κ2) is 8.50. The third kappa shape index (κ3) is 3.97. The van der Waals surface area contributed by atoms with Crippen LogP contribution in [0, 0.1) is 5.92 Å². The minimum absolute atomic E-state index is 0.0664. The highest BCUT2D eigenvalue weighted by molar-refractivity contribution is 6.00. The molecule has 2 aliphatic heterocycles. The molecular weight excluding hydrogens is 422 g/mol. The molecule has 1 aromatic carbocycles. The van der Waals surface area contributed by atoms with Gasteiger partial charge in [0.15, 0.2) is 0 Å². The van der Waals surface area contributed by atoms with Gasteiger partial charge in [0.1, 0.15) is 5.75 Å². The van der Waals surface area contributed by atoms with Gasteiger partial charge >= 0.3 is 0 Å². The number of hydrogen-bond donors (Lipinski definition) is 0. The molecular formula is C24H23N5O4. The Morgan fingerprint density at radius 1 is 1.03 bits per heavy atom. The fourth-order valence-corrected chi connectivity index (χ4v) is 4.31. The van der Waals surface area contributed by atoms with Crippen molar-refractivity contribution < 1.29 is 14.3 Å². The number of likely N-dealkylation sites (tertiary alicyclic amines) is 1. The van der Waals surface area contributed by atoms with Gasteiger partial charge in [-0.15, -0.1) is 0 Å². The number of aromatic nitrogens is 3. The Kier molecular flexibility index (Phi) is 5.37. The van der Waals surface area contributed by atoms with Crippen LogP contribution < -0.4 is 15.2 Å². The molecule has 2 fully saturated rings. The fraction of sp³-hybridized carbons (Fsp3) is 0.292. The van der Waals surface area contributed by atoms with Crippen LogP contribution in [0.4, 0.5) is 5.69 Å². The van der Waals surface area contributed by atoms with Crippen LogP contribution in [0.15, 0.2) is 65.7 Å². The number of amides is 2. The average Bonchev–Trinajstić information content (AvgIpc) is 3.21. The molecule has 0 N–H and O–H groups in total. The van der Waals surface area contributed by atoms with E-state index in [2.05, 4.69) is 10.1 Å². The molecule has 2 saturated heterocycles. The first kappa shape index (κ1) is 20.9. The van der Waals surface area contributed by atoms with Gasteiger partial charge in [0.05, 0.1) is 24.8 Å². The van der Waals surface area contributed by atoms with Crippen molar-refractivity contribution in [3.63, 3.8) is 0 Å². The highest BCUT2D eigenvalue weighted by atomic mass is 16.5. The van der Waals surface area contributed by atoms with E-state index in [1.807, 2.05) is 30.3 Å². The van der Waals surface area contributed by atoms with Crippen molar-refractivity contribution in [3.05, 3.63) is 71.3 Å². The molecule has 1 unspecified atom stereocenters. The Hall–Kier alpha value is -4.01. The largest absolute Gasteiger partial charge is 0.497 e. The summed E-state index contributed by atoms with van der Waals surface area (Å²) in [5.74, 6) is 0.107. The zero-order valence-electron chi connectivity index (χ0n) is 18.1. The van der Waals surface area contributed by atoms with Gasteiger partial charge in [-0.2, -0.15) is 5.10 Å². The number of rotatable bonds is 5. The number of methoxy groups -OCH3 is 1. The van der Waals surface area contributed by atoms with Crippen LogP contribution in [0.5, 0.6) is 5.75 Å². The van der Waals surface area contributed by atoms with Crippen LogP contribution >= 0.6 is 0 Å². The Balaban J connectivity index is 1.25. The Labute approximate surface area is 190 Å². The number of hydrogen-bond acceptors (Lipinski definition) is 6. The van der Waals surface area contributed by atoms with E-state index < -0.39 is 5.92 Å². The third-order valence-corrected chi connectivity index (χ3v) is 6.16. The Morgan fingerprint density at radius 3 is 2.58 bits per heavy atom. The van der Waals surface area contributed by atoms with Gasteiger partial charge in [-0.3, -0.25) is 19.4 Å². The summed E-state index contributed by atoms with van der Waals surface area (Å²) in [6.07, 6.45) is 3.52. The summed E-state index contributed by atoms with van der Waals surface area (Å²) in [6, 6.07) is 13.9. The summed E-state index contributed by atoms with van der Waals surface area (Å²) in [5.41, 5.74) is 2.06. The molecule has 9 heteroatoms. The molecule has 1 atom stereocenters. The summed E-state index contributed by atoms with van der Waals surface area (Å²) < 4.78 is 6.69. The van der Waals surface area contributed by atoms with Crippen molar-refractivity contribution in [3.8, 4) is 17.0 Å². The van der Waals surface area contributed by atoms with Gasteiger partial charge in [-0.05, 0) is 30.3 Å². The molecule has 2 amide bonds. The predicted molar refractivity (Wildman–Crippen MR) is 121 cm³/mol. The second-order valence-corrected chi connectivity index (χ2v) is 8.24. The van der Waals surface area contributed by atoms with E-state index in [4.69, 9.17) is 4.74 Å². The molecule has 2 aromatic heterocycles. The maximum atomic E-state index is 13.0. The smallest absolute Gasteiger partial charge is 0.267 e. The van der Waals surface area contributed by atoms with Gasteiger partial charge in [-0.1, -0.05) is 6.07 Å². The predicted octanol–water partition coefficient (Wildman–Crippen LogP) is 1.75. The third-order valence-electron chi connectivity index (χ3n) is 6.16. The molecule has 0 bridgehead atoms. The molecule has 0 radical (unpaired) electrons. The highest BCUT2D eigenvalue weighted by Gasteiger charge is 2.41. The van der Waals surface area contributed by atoms with E-state index in [0.717, 1.165) is 11.3 Å². The standard InChI is InChI=1S/C24H23N5O4/c1-33-20-4-2-3-18(12-20)28-13-17(11-23(28)31)24(32)27-14-19(15-27)29-22(30)6-5-21(26-29)16-7-9-25-10-8-16/h2-10,12,17,19H,11,13-15H2,1H3. The van der Waals surface area contributed by atoms with E-state index >= 15 is 0 Å². The minimum atomic E-state index is -0.405. The maximum absolute atomic E-state index is 13.0. The monoisotopic (exact) mass is 445 g/mol. The van der Waals surface area contributed by atoms with Gasteiger partial charge in [-0.25, -0.2) is 4.68 Å². The first-order chi connectivity index (χ1) is 16.0. The van der Waals surface area contributed by atoms with E-state index in [-0.39, 0.29) is 29.8 Å². The highest BCUT2D eigenvalue weighted by Crippen LogP contribution is 2.31. The van der Waals surface area contributed by atoms with Crippen LogP contribution in [0.25, 0.3) is 11.3 Å². The fourth-order valence-electron chi connectivity index (χ4n) is 4.31. The van der Waals surface area contributed by atoms with Crippen LogP contribution in [-0.2, 0) is 9.59 Å². The number of benzene rings is 1. The van der Waals surface area contributed by atoms with Crippen LogP contribution in [0.1, 0.15) is 12.5 Å². The Morgan fingerprint density at radius 2 is 1.82 bits per heavy atom. The number of carbonyl (C=O) groups excluding carboxylic acids is 2. The molecule has 0 aliphatic carbocycles. The number of pyridine rings is 1. The number of carbonyl (C=O) groups is 2. The molecule has 5 rings (SSSR count). The molecule has 33 heavy (non-hydrogen) atoms. The van der Waals surface area contributed by atoms with Crippen molar-refractivity contribution in [2.75, 3.05) is 31.6 Å². The maximum Gasteiger partial charge on any atom is 0.267 e. The summed E-state index contributed by atoms with van der Waals surface area (Å²) in [6.45, 7) is 1.13. The SMILES string of the molecule is COc1cccc(N2CC(C(=O)N3CC(n4nc(-c5ccncc5)ccc4=O)C3)CC2=O)c1.